The summed E-state index contributed by atoms with van der Waals surface area (Å²) in [6.07, 6.45) is 0. The minimum Gasteiger partial charge on any atom is -0.248 e. The van der Waals surface area contributed by atoms with E-state index in [1.54, 1.807) is 0 Å². The molecule has 2 heterocycles. The van der Waals surface area contributed by atoms with Gasteiger partial charge >= 0.3 is 0 Å². The molecule has 0 bridgehead atoms. The van der Waals surface area contributed by atoms with E-state index in [-0.39, 0.29) is 0 Å². The first-order valence-electron chi connectivity index (χ1n) is 16.1. The van der Waals surface area contributed by atoms with E-state index in [9.17, 15) is 0 Å². The molecule has 0 amide bonds. The summed E-state index contributed by atoms with van der Waals surface area (Å²) in [4.78, 5) is 20.2. The highest BCUT2D eigenvalue weighted by Crippen LogP contribution is 2.37. The lowest BCUT2D eigenvalue weighted by atomic mass is 9.93. The molecule has 0 radical (unpaired) electrons. The second-order valence-electron chi connectivity index (χ2n) is 11.9. The molecule has 0 aliphatic rings. The minimum absolute atomic E-state index is 0.614. The summed E-state index contributed by atoms with van der Waals surface area (Å²) < 4.78 is 0. The Balaban J connectivity index is 1.21. The predicted molar refractivity (Wildman–Crippen MR) is 197 cm³/mol. The largest absolute Gasteiger partial charge is 0.248 e. The van der Waals surface area contributed by atoms with E-state index in [1.807, 2.05) is 66.7 Å². The van der Waals surface area contributed by atoms with Crippen molar-refractivity contribution in [1.82, 2.24) is 19.9 Å². The van der Waals surface area contributed by atoms with E-state index in [1.165, 1.54) is 32.3 Å². The van der Waals surface area contributed by atoms with Crippen molar-refractivity contribution in [2.75, 3.05) is 0 Å². The van der Waals surface area contributed by atoms with E-state index in [0.717, 1.165) is 39.2 Å². The summed E-state index contributed by atoms with van der Waals surface area (Å²) in [5.41, 5.74) is 6.69. The molecule has 48 heavy (non-hydrogen) atoms. The third kappa shape index (κ3) is 4.97. The summed E-state index contributed by atoms with van der Waals surface area (Å²) in [7, 11) is 0. The quantitative estimate of drug-likeness (QED) is 0.181. The number of rotatable bonds is 5. The van der Waals surface area contributed by atoms with Gasteiger partial charge < -0.3 is 0 Å². The van der Waals surface area contributed by atoms with E-state index in [0.29, 0.717) is 17.5 Å². The Kier molecular flexibility index (Phi) is 6.76. The van der Waals surface area contributed by atoms with Gasteiger partial charge in [0.15, 0.2) is 17.5 Å². The maximum atomic E-state index is 5.11. The molecule has 0 atom stereocenters. The second-order valence-corrected chi connectivity index (χ2v) is 11.9. The van der Waals surface area contributed by atoms with Gasteiger partial charge in [0.25, 0.3) is 0 Å². The summed E-state index contributed by atoms with van der Waals surface area (Å²) >= 11 is 0. The van der Waals surface area contributed by atoms with Gasteiger partial charge in [-0.1, -0.05) is 146 Å². The first-order valence-corrected chi connectivity index (χ1v) is 16.1. The predicted octanol–water partition coefficient (Wildman–Crippen LogP) is 11.1. The lowest BCUT2D eigenvalue weighted by molar-refractivity contribution is 1.07. The van der Waals surface area contributed by atoms with Gasteiger partial charge in [-0.05, 0) is 56.6 Å². The molecule has 9 aromatic rings. The molecule has 0 spiro atoms. The highest BCUT2D eigenvalue weighted by Gasteiger charge is 2.15. The van der Waals surface area contributed by atoms with Gasteiger partial charge in [-0.3, -0.25) is 0 Å². The average Bonchev–Trinajstić information content (AvgIpc) is 3.18. The maximum absolute atomic E-state index is 5.11. The Morgan fingerprint density at radius 1 is 0.229 bits per heavy atom. The van der Waals surface area contributed by atoms with Gasteiger partial charge in [-0.25, -0.2) is 19.9 Å². The van der Waals surface area contributed by atoms with E-state index in [4.69, 9.17) is 19.9 Å². The third-order valence-corrected chi connectivity index (χ3v) is 8.90. The van der Waals surface area contributed by atoms with Crippen molar-refractivity contribution < 1.29 is 0 Å². The van der Waals surface area contributed by atoms with Crippen LogP contribution in [0.2, 0.25) is 0 Å². The van der Waals surface area contributed by atoms with Crippen LogP contribution < -0.4 is 0 Å². The van der Waals surface area contributed by atoms with Gasteiger partial charge in [0, 0.05) is 27.8 Å². The van der Waals surface area contributed by atoms with Crippen LogP contribution in [0.3, 0.4) is 0 Å². The van der Waals surface area contributed by atoms with Gasteiger partial charge in [-0.2, -0.15) is 0 Å². The molecule has 0 N–H and O–H groups in total. The molecule has 0 fully saturated rings. The van der Waals surface area contributed by atoms with Crippen LogP contribution in [0.25, 0.3) is 89.0 Å². The molecule has 2 aromatic heterocycles. The number of fused-ring (bicyclic) bond motifs is 6. The number of hydrogen-bond acceptors (Lipinski definition) is 4. The van der Waals surface area contributed by atoms with Crippen molar-refractivity contribution in [2.45, 2.75) is 0 Å². The number of nitrogens with zero attached hydrogens (tertiary/aromatic N) is 4. The van der Waals surface area contributed by atoms with Crippen LogP contribution in [0.4, 0.5) is 0 Å². The molecule has 4 heteroatoms. The number of hydrogen-bond donors (Lipinski definition) is 0. The average molecular weight is 613 g/mol. The van der Waals surface area contributed by atoms with E-state index < -0.39 is 0 Å². The molecule has 0 aliphatic carbocycles. The van der Waals surface area contributed by atoms with Crippen LogP contribution in [0, 0.1) is 0 Å². The van der Waals surface area contributed by atoms with Crippen molar-refractivity contribution in [3.05, 3.63) is 170 Å². The molecule has 0 saturated carbocycles. The molecular formula is C44H28N4. The second kappa shape index (κ2) is 11.7. The zero-order chi connectivity index (χ0) is 31.9. The molecule has 0 aliphatic heterocycles. The molecule has 0 unspecified atom stereocenters. The van der Waals surface area contributed by atoms with Gasteiger partial charge in [0.2, 0.25) is 0 Å². The lowest BCUT2D eigenvalue weighted by Crippen LogP contribution is -2.00. The van der Waals surface area contributed by atoms with E-state index in [2.05, 4.69) is 103 Å². The first-order chi connectivity index (χ1) is 23.8. The Morgan fingerprint density at radius 3 is 1.27 bits per heavy atom. The highest BCUT2D eigenvalue weighted by molar-refractivity contribution is 6.25. The van der Waals surface area contributed by atoms with Crippen LogP contribution in [0.15, 0.2) is 170 Å². The summed E-state index contributed by atoms with van der Waals surface area (Å²) in [5, 5.41) is 7.33. The summed E-state index contributed by atoms with van der Waals surface area (Å²) in [5.74, 6) is 1.88. The molecule has 7 aromatic carbocycles. The Hall–Kier alpha value is -6.52. The molecule has 9 rings (SSSR count). The number of benzene rings is 7. The van der Waals surface area contributed by atoms with Crippen LogP contribution in [-0.2, 0) is 0 Å². The smallest absolute Gasteiger partial charge is 0.164 e. The summed E-state index contributed by atoms with van der Waals surface area (Å²) in [6, 6.07) is 58.6. The van der Waals surface area contributed by atoms with Crippen molar-refractivity contribution >= 4 is 32.3 Å². The van der Waals surface area contributed by atoms with E-state index >= 15 is 0 Å². The maximum Gasteiger partial charge on any atom is 0.164 e. The van der Waals surface area contributed by atoms with Crippen LogP contribution >= 0.6 is 0 Å². The van der Waals surface area contributed by atoms with Crippen molar-refractivity contribution in [1.29, 1.82) is 0 Å². The standard InChI is InChI=1S/C44H28N4/c1-3-13-29(14-4-1)40-23-12-24-41(45-40)31-17-11-18-32(27-31)43-46-42(30-15-5-2-6-16-30)47-44(48-43)33-25-26-38-36-21-8-7-19-34(36)35-20-9-10-22-37(35)39(38)28-33/h1-28H. The minimum atomic E-state index is 0.614. The number of pyridine rings is 1. The first kappa shape index (κ1) is 27.8. The van der Waals surface area contributed by atoms with Gasteiger partial charge in [-0.15, -0.1) is 0 Å². The Bertz CT molecular complexity index is 2580. The van der Waals surface area contributed by atoms with Crippen molar-refractivity contribution in [3.63, 3.8) is 0 Å². The number of aromatic nitrogens is 4. The molecule has 4 nitrogen and oxygen atoms in total. The van der Waals surface area contributed by atoms with Crippen molar-refractivity contribution in [3.8, 4) is 56.7 Å². The molecular weight excluding hydrogens is 585 g/mol. The van der Waals surface area contributed by atoms with Gasteiger partial charge in [0.05, 0.1) is 11.4 Å². The van der Waals surface area contributed by atoms with Crippen LogP contribution in [0.1, 0.15) is 0 Å². The fourth-order valence-corrected chi connectivity index (χ4v) is 6.58. The monoisotopic (exact) mass is 612 g/mol. The molecule has 0 saturated heterocycles. The Labute approximate surface area is 278 Å². The third-order valence-electron chi connectivity index (χ3n) is 8.90. The van der Waals surface area contributed by atoms with Crippen LogP contribution in [-0.4, -0.2) is 19.9 Å². The Morgan fingerprint density at radius 2 is 0.646 bits per heavy atom. The zero-order valence-electron chi connectivity index (χ0n) is 26.0. The highest BCUT2D eigenvalue weighted by atomic mass is 15.0. The van der Waals surface area contributed by atoms with Crippen molar-refractivity contribution in [2.24, 2.45) is 0 Å². The lowest BCUT2D eigenvalue weighted by Gasteiger charge is -2.13. The SMILES string of the molecule is c1ccc(-c2cccc(-c3cccc(-c4nc(-c5ccccc5)nc(-c5ccc6c7ccccc7c7ccccc7c6c5)n4)c3)n2)cc1. The van der Waals surface area contributed by atoms with Crippen LogP contribution in [0.5, 0.6) is 0 Å². The summed E-state index contributed by atoms with van der Waals surface area (Å²) in [6.45, 7) is 0. The van der Waals surface area contributed by atoms with Gasteiger partial charge in [0.1, 0.15) is 0 Å². The molecule has 224 valence electrons. The zero-order valence-corrected chi connectivity index (χ0v) is 26.0. The normalized spacial score (nSPS) is 11.3. The topological polar surface area (TPSA) is 51.6 Å². The fraction of sp³-hybridized carbons (Fsp3) is 0. The fourth-order valence-electron chi connectivity index (χ4n) is 6.58.